The third-order valence-electron chi connectivity index (χ3n) is 6.11. The highest BCUT2D eigenvalue weighted by Gasteiger charge is 2.27. The van der Waals surface area contributed by atoms with Gasteiger partial charge in [0.1, 0.15) is 5.82 Å². The van der Waals surface area contributed by atoms with Crippen LogP contribution in [0.15, 0.2) is 67.0 Å². The molecule has 5 rings (SSSR count). The van der Waals surface area contributed by atoms with Gasteiger partial charge >= 0.3 is 0 Å². The number of ether oxygens (including phenoxy) is 2. The van der Waals surface area contributed by atoms with Crippen LogP contribution in [0.25, 0.3) is 0 Å². The molecule has 0 spiro atoms. The molecular formula is C25H25FN4O3. The Morgan fingerprint density at radius 3 is 2.64 bits per heavy atom. The number of amides is 1. The summed E-state index contributed by atoms with van der Waals surface area (Å²) in [5.74, 6) is 0.848. The van der Waals surface area contributed by atoms with Gasteiger partial charge in [0.2, 0.25) is 6.79 Å². The van der Waals surface area contributed by atoms with Gasteiger partial charge in [0.25, 0.3) is 5.91 Å². The van der Waals surface area contributed by atoms with Gasteiger partial charge in [-0.2, -0.15) is 0 Å². The second kappa shape index (κ2) is 9.46. The fourth-order valence-electron chi connectivity index (χ4n) is 4.34. The fourth-order valence-corrected chi connectivity index (χ4v) is 4.34. The topological polar surface area (TPSA) is 66.9 Å². The Labute approximate surface area is 191 Å². The fraction of sp³-hybridized carbons (Fsp3) is 0.280. The highest BCUT2D eigenvalue weighted by Crippen LogP contribution is 2.32. The highest BCUT2D eigenvalue weighted by atomic mass is 19.1. The van der Waals surface area contributed by atoms with Crippen molar-refractivity contribution in [2.45, 2.75) is 6.04 Å². The summed E-state index contributed by atoms with van der Waals surface area (Å²) in [5, 5.41) is 3.06. The zero-order chi connectivity index (χ0) is 22.6. The quantitative estimate of drug-likeness (QED) is 0.625. The van der Waals surface area contributed by atoms with E-state index in [0.29, 0.717) is 42.4 Å². The van der Waals surface area contributed by atoms with E-state index in [1.165, 1.54) is 6.07 Å². The van der Waals surface area contributed by atoms with Crippen LogP contribution >= 0.6 is 0 Å². The number of hydrogen-bond acceptors (Lipinski definition) is 6. The summed E-state index contributed by atoms with van der Waals surface area (Å²) in [5.41, 5.74) is 2.18. The minimum Gasteiger partial charge on any atom is -0.454 e. The number of fused-ring (bicyclic) bond motifs is 1. The number of halogens is 1. The maximum atomic E-state index is 14.2. The Kier molecular flexibility index (Phi) is 6.08. The van der Waals surface area contributed by atoms with Crippen molar-refractivity contribution in [3.63, 3.8) is 0 Å². The van der Waals surface area contributed by atoms with Crippen molar-refractivity contribution in [3.05, 3.63) is 83.9 Å². The third kappa shape index (κ3) is 4.61. The van der Waals surface area contributed by atoms with Crippen LogP contribution in [-0.2, 0) is 0 Å². The lowest BCUT2D eigenvalue weighted by molar-refractivity contribution is 0.0929. The van der Waals surface area contributed by atoms with Crippen molar-refractivity contribution in [3.8, 4) is 11.5 Å². The molecule has 8 heteroatoms. The SMILES string of the molecule is O=C(NCC(c1cccnc1)N1CCN(c2ccccc2F)CC1)c1ccc2c(c1)OCO2. The van der Waals surface area contributed by atoms with Gasteiger partial charge in [0.05, 0.1) is 11.7 Å². The number of aromatic nitrogens is 1. The first-order chi connectivity index (χ1) is 16.2. The Morgan fingerprint density at radius 1 is 1.03 bits per heavy atom. The first-order valence-electron chi connectivity index (χ1n) is 11.0. The predicted octanol–water partition coefficient (Wildman–Crippen LogP) is 3.24. The van der Waals surface area contributed by atoms with Crippen LogP contribution in [0.2, 0.25) is 0 Å². The average molecular weight is 448 g/mol. The summed E-state index contributed by atoms with van der Waals surface area (Å²) in [6, 6.07) is 15.9. The third-order valence-corrected chi connectivity index (χ3v) is 6.11. The van der Waals surface area contributed by atoms with E-state index in [2.05, 4.69) is 20.1 Å². The molecule has 0 bridgehead atoms. The molecule has 2 aromatic carbocycles. The number of para-hydroxylation sites is 1. The lowest BCUT2D eigenvalue weighted by atomic mass is 10.1. The van der Waals surface area contributed by atoms with Crippen LogP contribution in [0.5, 0.6) is 11.5 Å². The van der Waals surface area contributed by atoms with E-state index in [4.69, 9.17) is 9.47 Å². The second-order valence-electron chi connectivity index (χ2n) is 8.05. The Morgan fingerprint density at radius 2 is 1.85 bits per heavy atom. The van der Waals surface area contributed by atoms with E-state index in [-0.39, 0.29) is 24.6 Å². The second-order valence-corrected chi connectivity index (χ2v) is 8.05. The number of benzene rings is 2. The zero-order valence-electron chi connectivity index (χ0n) is 18.1. The Bertz CT molecular complexity index is 1120. The largest absolute Gasteiger partial charge is 0.454 e. The molecule has 3 aromatic rings. The molecule has 2 aliphatic heterocycles. The number of piperazine rings is 1. The van der Waals surface area contributed by atoms with Crippen LogP contribution < -0.4 is 19.7 Å². The normalized spacial score (nSPS) is 16.5. The summed E-state index contributed by atoms with van der Waals surface area (Å²) in [4.78, 5) is 21.5. The maximum absolute atomic E-state index is 14.2. The van der Waals surface area contributed by atoms with Crippen molar-refractivity contribution >= 4 is 11.6 Å². The van der Waals surface area contributed by atoms with Gasteiger partial charge in [-0.1, -0.05) is 18.2 Å². The number of carbonyl (C=O) groups excluding carboxylic acids is 1. The van der Waals surface area contributed by atoms with Crippen LogP contribution in [0.3, 0.4) is 0 Å². The molecule has 0 radical (unpaired) electrons. The molecular weight excluding hydrogens is 423 g/mol. The van der Waals surface area contributed by atoms with Crippen molar-refractivity contribution < 1.29 is 18.7 Å². The molecule has 1 amide bonds. The maximum Gasteiger partial charge on any atom is 0.251 e. The summed E-state index contributed by atoms with van der Waals surface area (Å²) < 4.78 is 24.9. The number of hydrogen-bond donors (Lipinski definition) is 1. The number of anilines is 1. The van der Waals surface area contributed by atoms with Gasteiger partial charge in [-0.3, -0.25) is 14.7 Å². The molecule has 1 aromatic heterocycles. The van der Waals surface area contributed by atoms with E-state index in [1.54, 1.807) is 30.5 Å². The van der Waals surface area contributed by atoms with Crippen LogP contribution in [0, 0.1) is 5.82 Å². The van der Waals surface area contributed by atoms with Crippen molar-refractivity contribution in [1.82, 2.24) is 15.2 Å². The van der Waals surface area contributed by atoms with Crippen LogP contribution in [0.4, 0.5) is 10.1 Å². The van der Waals surface area contributed by atoms with Gasteiger partial charge in [0.15, 0.2) is 11.5 Å². The predicted molar refractivity (Wildman–Crippen MR) is 122 cm³/mol. The number of rotatable bonds is 6. The standard InChI is InChI=1S/C25H25FN4O3/c26-20-5-1-2-6-21(20)29-10-12-30(13-11-29)22(19-4-3-9-27-15-19)16-28-25(31)18-7-8-23-24(14-18)33-17-32-23/h1-9,14-15,22H,10-13,16-17H2,(H,28,31). The average Bonchev–Trinajstić information content (AvgIpc) is 3.33. The molecule has 7 nitrogen and oxygen atoms in total. The molecule has 0 aliphatic carbocycles. The summed E-state index contributed by atoms with van der Waals surface area (Å²) >= 11 is 0. The molecule has 33 heavy (non-hydrogen) atoms. The van der Waals surface area contributed by atoms with E-state index in [0.717, 1.165) is 18.7 Å². The van der Waals surface area contributed by atoms with Gasteiger partial charge in [0, 0.05) is 50.7 Å². The molecule has 1 fully saturated rings. The summed E-state index contributed by atoms with van der Waals surface area (Å²) in [6.45, 7) is 3.49. The van der Waals surface area contributed by atoms with Crippen molar-refractivity contribution in [1.29, 1.82) is 0 Å². The number of pyridine rings is 1. The molecule has 170 valence electrons. The van der Waals surface area contributed by atoms with Gasteiger partial charge < -0.3 is 19.7 Å². The first-order valence-corrected chi connectivity index (χ1v) is 11.0. The molecule has 1 N–H and O–H groups in total. The number of nitrogens with one attached hydrogen (secondary N) is 1. The van der Waals surface area contributed by atoms with Crippen LogP contribution in [0.1, 0.15) is 22.0 Å². The van der Waals surface area contributed by atoms with E-state index in [9.17, 15) is 9.18 Å². The molecule has 3 heterocycles. The van der Waals surface area contributed by atoms with E-state index >= 15 is 0 Å². The highest BCUT2D eigenvalue weighted by molar-refractivity contribution is 5.95. The van der Waals surface area contributed by atoms with Gasteiger partial charge in [-0.05, 0) is 42.0 Å². The van der Waals surface area contributed by atoms with E-state index in [1.807, 2.05) is 30.5 Å². The Balaban J connectivity index is 1.27. The van der Waals surface area contributed by atoms with E-state index < -0.39 is 0 Å². The van der Waals surface area contributed by atoms with Crippen molar-refractivity contribution in [2.75, 3.05) is 44.4 Å². The van der Waals surface area contributed by atoms with Crippen LogP contribution in [-0.4, -0.2) is 55.3 Å². The molecule has 1 unspecified atom stereocenters. The van der Waals surface area contributed by atoms with Gasteiger partial charge in [-0.15, -0.1) is 0 Å². The minimum absolute atomic E-state index is 0.0422. The zero-order valence-corrected chi connectivity index (χ0v) is 18.1. The minimum atomic E-state index is -0.203. The Hall–Kier alpha value is -3.65. The summed E-state index contributed by atoms with van der Waals surface area (Å²) in [6.07, 6.45) is 3.57. The summed E-state index contributed by atoms with van der Waals surface area (Å²) in [7, 11) is 0. The first kappa shape index (κ1) is 21.2. The number of nitrogens with zero attached hydrogens (tertiary/aromatic N) is 3. The lowest BCUT2D eigenvalue weighted by Gasteiger charge is -2.40. The van der Waals surface area contributed by atoms with Crippen molar-refractivity contribution in [2.24, 2.45) is 0 Å². The molecule has 1 saturated heterocycles. The molecule has 2 aliphatic rings. The molecule has 1 atom stereocenters. The monoisotopic (exact) mass is 448 g/mol. The molecule has 0 saturated carbocycles. The number of carbonyl (C=O) groups is 1. The van der Waals surface area contributed by atoms with Gasteiger partial charge in [-0.25, -0.2) is 4.39 Å². The lowest BCUT2D eigenvalue weighted by Crippen LogP contribution is -2.50. The smallest absolute Gasteiger partial charge is 0.251 e.